The molecule has 6 nitrogen and oxygen atoms in total. The summed E-state index contributed by atoms with van der Waals surface area (Å²) in [4.78, 5) is 0.168. The lowest BCUT2D eigenvalue weighted by Crippen LogP contribution is -2.35. The zero-order valence-electron chi connectivity index (χ0n) is 11.6. The second-order valence-electron chi connectivity index (χ2n) is 4.29. The average Bonchev–Trinajstić information content (AvgIpc) is 2.79. The van der Waals surface area contributed by atoms with Crippen LogP contribution in [0.25, 0.3) is 0 Å². The number of nitrogens with zero attached hydrogens (tertiary/aromatic N) is 1. The predicted molar refractivity (Wildman–Crippen MR) is 72.3 cm³/mol. The third-order valence-corrected chi connectivity index (χ3v) is 4.26. The number of hydrogen-bond donors (Lipinski definition) is 2. The molecule has 0 spiro atoms. The van der Waals surface area contributed by atoms with Crippen molar-refractivity contribution < 1.29 is 18.3 Å². The summed E-state index contributed by atoms with van der Waals surface area (Å²) in [6.07, 6.45) is 1.53. The summed E-state index contributed by atoms with van der Waals surface area (Å²) in [6.45, 7) is 6.80. The van der Waals surface area contributed by atoms with Crippen LogP contribution in [0.4, 0.5) is 0 Å². The highest BCUT2D eigenvalue weighted by atomic mass is 32.2. The Labute approximate surface area is 114 Å². The third kappa shape index (κ3) is 4.31. The van der Waals surface area contributed by atoms with E-state index in [1.54, 1.807) is 11.5 Å². The first kappa shape index (κ1) is 16.2. The molecule has 0 radical (unpaired) electrons. The van der Waals surface area contributed by atoms with E-state index in [4.69, 9.17) is 4.74 Å². The Bertz CT molecular complexity index is 474. The first-order chi connectivity index (χ1) is 8.94. The molecule has 0 aliphatic rings. The minimum absolute atomic E-state index is 0.168. The van der Waals surface area contributed by atoms with Gasteiger partial charge in [-0.05, 0) is 26.8 Å². The molecular formula is C12H22N2O4S. The van der Waals surface area contributed by atoms with Crippen molar-refractivity contribution in [2.24, 2.45) is 0 Å². The Morgan fingerprint density at radius 1 is 1.47 bits per heavy atom. The SMILES string of the molecule is CCOCC(C)NS(=O)(=O)c1cc(CO)n(CC)c1. The van der Waals surface area contributed by atoms with Crippen molar-refractivity contribution in [3.63, 3.8) is 0 Å². The molecule has 2 N–H and O–H groups in total. The fourth-order valence-electron chi connectivity index (χ4n) is 1.76. The van der Waals surface area contributed by atoms with Crippen molar-refractivity contribution in [3.05, 3.63) is 18.0 Å². The number of ether oxygens (including phenoxy) is 1. The highest BCUT2D eigenvalue weighted by molar-refractivity contribution is 7.89. The van der Waals surface area contributed by atoms with Gasteiger partial charge in [-0.15, -0.1) is 0 Å². The van der Waals surface area contributed by atoms with Crippen LogP contribution in [0.2, 0.25) is 0 Å². The maximum absolute atomic E-state index is 12.1. The molecule has 1 unspecified atom stereocenters. The molecule has 0 amide bonds. The normalized spacial score (nSPS) is 13.7. The minimum Gasteiger partial charge on any atom is -0.390 e. The smallest absolute Gasteiger partial charge is 0.242 e. The van der Waals surface area contributed by atoms with E-state index >= 15 is 0 Å². The van der Waals surface area contributed by atoms with E-state index in [-0.39, 0.29) is 17.5 Å². The van der Waals surface area contributed by atoms with Crippen LogP contribution in [0.3, 0.4) is 0 Å². The number of hydrogen-bond acceptors (Lipinski definition) is 4. The van der Waals surface area contributed by atoms with Crippen molar-refractivity contribution >= 4 is 10.0 Å². The number of nitrogens with one attached hydrogen (secondary N) is 1. The Morgan fingerprint density at radius 2 is 2.16 bits per heavy atom. The van der Waals surface area contributed by atoms with Crippen LogP contribution in [0.1, 0.15) is 26.5 Å². The number of aryl methyl sites for hydroxylation is 1. The maximum Gasteiger partial charge on any atom is 0.242 e. The summed E-state index contributed by atoms with van der Waals surface area (Å²) in [5.74, 6) is 0. The Kier molecular flexibility index (Phi) is 5.99. The molecule has 1 aromatic rings. The molecule has 0 bridgehead atoms. The molecule has 0 aliphatic carbocycles. The summed E-state index contributed by atoms with van der Waals surface area (Å²) < 4.78 is 33.7. The van der Waals surface area contributed by atoms with Gasteiger partial charge in [0.05, 0.1) is 18.1 Å². The van der Waals surface area contributed by atoms with E-state index in [1.807, 2.05) is 13.8 Å². The van der Waals surface area contributed by atoms with Crippen LogP contribution < -0.4 is 4.72 Å². The molecule has 7 heteroatoms. The molecule has 1 heterocycles. The van der Waals surface area contributed by atoms with Gasteiger partial charge in [0.2, 0.25) is 10.0 Å². The number of rotatable bonds is 8. The predicted octanol–water partition coefficient (Wildman–Crippen LogP) is 0.704. The van der Waals surface area contributed by atoms with Crippen LogP contribution in [0.5, 0.6) is 0 Å². The van der Waals surface area contributed by atoms with E-state index in [9.17, 15) is 13.5 Å². The van der Waals surface area contributed by atoms with Gasteiger partial charge in [0.1, 0.15) is 0 Å². The Balaban J connectivity index is 2.85. The molecule has 0 aliphatic heterocycles. The van der Waals surface area contributed by atoms with Crippen molar-refractivity contribution in [2.75, 3.05) is 13.2 Å². The molecule has 1 atom stereocenters. The second-order valence-corrected chi connectivity index (χ2v) is 6.01. The van der Waals surface area contributed by atoms with E-state index in [0.717, 1.165) is 0 Å². The summed E-state index contributed by atoms with van der Waals surface area (Å²) in [5, 5.41) is 9.17. The topological polar surface area (TPSA) is 80.6 Å². The average molecular weight is 290 g/mol. The lowest BCUT2D eigenvalue weighted by molar-refractivity contribution is 0.133. The quantitative estimate of drug-likeness (QED) is 0.738. The summed E-state index contributed by atoms with van der Waals surface area (Å²) in [6, 6.07) is 1.19. The van der Waals surface area contributed by atoms with Gasteiger partial charge < -0.3 is 14.4 Å². The zero-order valence-corrected chi connectivity index (χ0v) is 12.4. The molecule has 1 rings (SSSR count). The monoisotopic (exact) mass is 290 g/mol. The van der Waals surface area contributed by atoms with Crippen LogP contribution in [0.15, 0.2) is 17.2 Å². The van der Waals surface area contributed by atoms with Crippen molar-refractivity contribution in [1.82, 2.24) is 9.29 Å². The molecule has 0 saturated heterocycles. The molecule has 110 valence electrons. The van der Waals surface area contributed by atoms with Crippen molar-refractivity contribution in [1.29, 1.82) is 0 Å². The summed E-state index contributed by atoms with van der Waals surface area (Å²) in [5.41, 5.74) is 0.584. The standard InChI is InChI=1S/C12H22N2O4S/c1-4-14-7-12(6-11(14)8-15)19(16,17)13-10(3)9-18-5-2/h6-7,10,13,15H,4-5,8-9H2,1-3H3. The van der Waals surface area contributed by atoms with E-state index < -0.39 is 10.0 Å². The number of aliphatic hydroxyl groups excluding tert-OH is 1. The lowest BCUT2D eigenvalue weighted by Gasteiger charge is -2.13. The minimum atomic E-state index is -3.57. The summed E-state index contributed by atoms with van der Waals surface area (Å²) >= 11 is 0. The van der Waals surface area contributed by atoms with Crippen LogP contribution in [0, 0.1) is 0 Å². The van der Waals surface area contributed by atoms with Crippen LogP contribution in [-0.2, 0) is 27.9 Å². The highest BCUT2D eigenvalue weighted by Crippen LogP contribution is 2.15. The molecule has 0 aromatic carbocycles. The van der Waals surface area contributed by atoms with Gasteiger partial charge in [0.15, 0.2) is 0 Å². The molecule has 19 heavy (non-hydrogen) atoms. The van der Waals surface area contributed by atoms with Gasteiger partial charge in [-0.25, -0.2) is 13.1 Å². The van der Waals surface area contributed by atoms with E-state index in [2.05, 4.69) is 4.72 Å². The summed E-state index contributed by atoms with van der Waals surface area (Å²) in [7, 11) is -3.57. The van der Waals surface area contributed by atoms with Gasteiger partial charge in [0, 0.05) is 31.1 Å². The van der Waals surface area contributed by atoms with Crippen LogP contribution >= 0.6 is 0 Å². The van der Waals surface area contributed by atoms with E-state index in [1.165, 1.54) is 12.3 Å². The Hall–Kier alpha value is -0.890. The fraction of sp³-hybridized carbons (Fsp3) is 0.667. The molecule has 0 saturated carbocycles. The molecule has 1 aromatic heterocycles. The van der Waals surface area contributed by atoms with E-state index in [0.29, 0.717) is 25.5 Å². The molecular weight excluding hydrogens is 268 g/mol. The fourth-order valence-corrected chi connectivity index (χ4v) is 3.05. The maximum atomic E-state index is 12.1. The number of aliphatic hydroxyl groups is 1. The zero-order chi connectivity index (χ0) is 14.5. The van der Waals surface area contributed by atoms with Gasteiger partial charge in [-0.2, -0.15) is 0 Å². The third-order valence-electron chi connectivity index (χ3n) is 2.70. The highest BCUT2D eigenvalue weighted by Gasteiger charge is 2.20. The lowest BCUT2D eigenvalue weighted by atomic mass is 10.4. The Morgan fingerprint density at radius 3 is 2.63 bits per heavy atom. The van der Waals surface area contributed by atoms with Gasteiger partial charge in [0.25, 0.3) is 0 Å². The van der Waals surface area contributed by atoms with Crippen LogP contribution in [-0.4, -0.2) is 37.3 Å². The van der Waals surface area contributed by atoms with Gasteiger partial charge >= 0.3 is 0 Å². The molecule has 0 fully saturated rings. The number of sulfonamides is 1. The van der Waals surface area contributed by atoms with Gasteiger partial charge in [-0.3, -0.25) is 0 Å². The van der Waals surface area contributed by atoms with Gasteiger partial charge in [-0.1, -0.05) is 0 Å². The number of aromatic nitrogens is 1. The van der Waals surface area contributed by atoms with Crippen molar-refractivity contribution in [3.8, 4) is 0 Å². The first-order valence-corrected chi connectivity index (χ1v) is 7.82. The second kappa shape index (κ2) is 7.04. The largest absolute Gasteiger partial charge is 0.390 e. The first-order valence-electron chi connectivity index (χ1n) is 6.34. The van der Waals surface area contributed by atoms with Crippen molar-refractivity contribution in [2.45, 2.75) is 44.9 Å².